The first kappa shape index (κ1) is 16.7. The molecule has 108 valence electrons. The second-order valence-electron chi connectivity index (χ2n) is 5.28. The minimum Gasteiger partial charge on any atom is -0.391 e. The summed E-state index contributed by atoms with van der Waals surface area (Å²) in [6, 6.07) is 4.46. The van der Waals surface area contributed by atoms with Crippen molar-refractivity contribution in [3.05, 3.63) is 28.2 Å². The third-order valence-electron chi connectivity index (χ3n) is 2.65. The number of nitrogens with one attached hydrogen (secondary N) is 1. The standard InChI is InChI=1S/C12H17Cl2NO3S/c1-12(2,3)10(16)7-15-19(17,18)11-8(13)5-4-6-9(11)14/h4-6,10,15-16H,7H2,1-3H3. The van der Waals surface area contributed by atoms with Crippen LogP contribution in [0, 0.1) is 5.41 Å². The van der Waals surface area contributed by atoms with Gasteiger partial charge in [-0.3, -0.25) is 0 Å². The molecule has 2 N–H and O–H groups in total. The molecule has 0 aliphatic heterocycles. The molecular formula is C12H17Cl2NO3S. The monoisotopic (exact) mass is 325 g/mol. The van der Waals surface area contributed by atoms with Crippen LogP contribution in [0.25, 0.3) is 0 Å². The first-order valence-electron chi connectivity index (χ1n) is 5.67. The van der Waals surface area contributed by atoms with Crippen LogP contribution in [0.3, 0.4) is 0 Å². The summed E-state index contributed by atoms with van der Waals surface area (Å²) in [5.41, 5.74) is -0.424. The molecule has 4 nitrogen and oxygen atoms in total. The van der Waals surface area contributed by atoms with E-state index in [-0.39, 0.29) is 21.5 Å². The fraction of sp³-hybridized carbons (Fsp3) is 0.500. The van der Waals surface area contributed by atoms with Crippen LogP contribution in [0.2, 0.25) is 10.0 Å². The van der Waals surface area contributed by atoms with Crippen molar-refractivity contribution in [1.29, 1.82) is 0 Å². The van der Waals surface area contributed by atoms with Crippen LogP contribution in [0.4, 0.5) is 0 Å². The van der Waals surface area contributed by atoms with Crippen molar-refractivity contribution in [1.82, 2.24) is 4.72 Å². The van der Waals surface area contributed by atoms with Gasteiger partial charge in [-0.2, -0.15) is 0 Å². The summed E-state index contributed by atoms with van der Waals surface area (Å²) in [5, 5.41) is 9.93. The van der Waals surface area contributed by atoms with E-state index in [1.54, 1.807) is 6.07 Å². The van der Waals surface area contributed by atoms with E-state index in [0.29, 0.717) is 0 Å². The molecule has 0 saturated carbocycles. The maximum absolute atomic E-state index is 12.1. The molecule has 19 heavy (non-hydrogen) atoms. The number of halogens is 2. The Kier molecular flexibility index (Phi) is 5.26. The topological polar surface area (TPSA) is 66.4 Å². The molecule has 7 heteroatoms. The Balaban J connectivity index is 2.95. The number of sulfonamides is 1. The van der Waals surface area contributed by atoms with E-state index in [1.807, 2.05) is 20.8 Å². The van der Waals surface area contributed by atoms with E-state index in [2.05, 4.69) is 4.72 Å². The molecule has 0 radical (unpaired) electrons. The summed E-state index contributed by atoms with van der Waals surface area (Å²) < 4.78 is 26.5. The SMILES string of the molecule is CC(C)(C)C(O)CNS(=O)(=O)c1c(Cl)cccc1Cl. The third-order valence-corrected chi connectivity index (χ3v) is 5.03. The smallest absolute Gasteiger partial charge is 0.243 e. The van der Waals surface area contributed by atoms with E-state index in [9.17, 15) is 13.5 Å². The van der Waals surface area contributed by atoms with E-state index in [0.717, 1.165) is 0 Å². The van der Waals surface area contributed by atoms with Crippen LogP contribution in [-0.4, -0.2) is 26.2 Å². The lowest BCUT2D eigenvalue weighted by Crippen LogP contribution is -2.39. The largest absolute Gasteiger partial charge is 0.391 e. The van der Waals surface area contributed by atoms with Gasteiger partial charge in [0.15, 0.2) is 0 Å². The Labute approximate surface area is 123 Å². The molecule has 0 aliphatic carbocycles. The summed E-state index contributed by atoms with van der Waals surface area (Å²) in [4.78, 5) is -0.167. The van der Waals surface area contributed by atoms with Crippen molar-refractivity contribution in [2.75, 3.05) is 6.54 Å². The van der Waals surface area contributed by atoms with Crippen molar-refractivity contribution < 1.29 is 13.5 Å². The number of hydrogen-bond donors (Lipinski definition) is 2. The van der Waals surface area contributed by atoms with Crippen LogP contribution < -0.4 is 4.72 Å². The van der Waals surface area contributed by atoms with Crippen molar-refractivity contribution in [2.45, 2.75) is 31.8 Å². The minimum absolute atomic E-state index is 0.0465. The van der Waals surface area contributed by atoms with Crippen LogP contribution in [-0.2, 0) is 10.0 Å². The van der Waals surface area contributed by atoms with Crippen LogP contribution in [0.5, 0.6) is 0 Å². The van der Waals surface area contributed by atoms with Crippen LogP contribution >= 0.6 is 23.2 Å². The molecular weight excluding hydrogens is 309 g/mol. The zero-order valence-electron chi connectivity index (χ0n) is 10.9. The molecule has 0 aliphatic rings. The van der Waals surface area contributed by atoms with Crippen LogP contribution in [0.15, 0.2) is 23.1 Å². The molecule has 1 atom stereocenters. The summed E-state index contributed by atoms with van der Waals surface area (Å²) in [7, 11) is -3.85. The number of benzene rings is 1. The van der Waals surface area contributed by atoms with Crippen molar-refractivity contribution >= 4 is 33.2 Å². The summed E-state index contributed by atoms with van der Waals surface area (Å²) >= 11 is 11.7. The molecule has 1 unspecified atom stereocenters. The molecule has 0 spiro atoms. The van der Waals surface area contributed by atoms with Gasteiger partial charge < -0.3 is 5.11 Å². The highest BCUT2D eigenvalue weighted by molar-refractivity contribution is 7.89. The van der Waals surface area contributed by atoms with Gasteiger partial charge >= 0.3 is 0 Å². The number of aliphatic hydroxyl groups excluding tert-OH is 1. The van der Waals surface area contributed by atoms with Gasteiger partial charge in [-0.05, 0) is 17.5 Å². The van der Waals surface area contributed by atoms with Crippen molar-refractivity contribution in [3.63, 3.8) is 0 Å². The lowest BCUT2D eigenvalue weighted by molar-refractivity contribution is 0.0677. The van der Waals surface area contributed by atoms with Gasteiger partial charge in [0.2, 0.25) is 10.0 Å². The quantitative estimate of drug-likeness (QED) is 0.894. The highest BCUT2D eigenvalue weighted by Gasteiger charge is 2.26. The second-order valence-corrected chi connectivity index (χ2v) is 7.80. The molecule has 0 amide bonds. The van der Waals surface area contributed by atoms with Gasteiger partial charge in [0.1, 0.15) is 4.90 Å². The molecule has 1 aromatic rings. The summed E-state index contributed by atoms with van der Waals surface area (Å²) in [6.07, 6.45) is -0.816. The zero-order chi connectivity index (χ0) is 14.8. The van der Waals surface area contributed by atoms with Gasteiger partial charge in [-0.15, -0.1) is 0 Å². The molecule has 1 rings (SSSR count). The first-order chi connectivity index (χ1) is 8.55. The molecule has 0 bridgehead atoms. The van der Waals surface area contributed by atoms with E-state index >= 15 is 0 Å². The maximum atomic E-state index is 12.1. The van der Waals surface area contributed by atoms with Gasteiger partial charge in [0, 0.05) is 6.54 Å². The fourth-order valence-corrected chi connectivity index (χ4v) is 3.48. The predicted molar refractivity (Wildman–Crippen MR) is 77.1 cm³/mol. The highest BCUT2D eigenvalue weighted by atomic mass is 35.5. The Morgan fingerprint density at radius 3 is 2.16 bits per heavy atom. The lowest BCUT2D eigenvalue weighted by atomic mass is 9.89. The zero-order valence-corrected chi connectivity index (χ0v) is 13.3. The fourth-order valence-electron chi connectivity index (χ4n) is 1.31. The Morgan fingerprint density at radius 2 is 1.74 bits per heavy atom. The average Bonchev–Trinajstić information content (AvgIpc) is 2.24. The van der Waals surface area contributed by atoms with E-state index < -0.39 is 21.5 Å². The Hall–Kier alpha value is -0.330. The van der Waals surface area contributed by atoms with Gasteiger partial charge in [-0.25, -0.2) is 13.1 Å². The van der Waals surface area contributed by atoms with Gasteiger partial charge in [-0.1, -0.05) is 50.0 Å². The van der Waals surface area contributed by atoms with Crippen molar-refractivity contribution in [2.24, 2.45) is 5.41 Å². The Bertz CT molecular complexity index is 532. The molecule has 0 heterocycles. The summed E-state index contributed by atoms with van der Waals surface area (Å²) in [5.74, 6) is 0. The predicted octanol–water partition coefficient (Wildman–Crippen LogP) is 2.68. The maximum Gasteiger partial charge on any atom is 0.243 e. The number of hydrogen-bond acceptors (Lipinski definition) is 3. The van der Waals surface area contributed by atoms with Crippen LogP contribution in [0.1, 0.15) is 20.8 Å². The third kappa shape index (κ3) is 4.33. The number of rotatable bonds is 4. The minimum atomic E-state index is -3.85. The lowest BCUT2D eigenvalue weighted by Gasteiger charge is -2.26. The first-order valence-corrected chi connectivity index (χ1v) is 7.91. The van der Waals surface area contributed by atoms with E-state index in [1.165, 1.54) is 12.1 Å². The molecule has 0 aromatic heterocycles. The van der Waals surface area contributed by atoms with Gasteiger partial charge in [0.05, 0.1) is 16.1 Å². The van der Waals surface area contributed by atoms with Crippen molar-refractivity contribution in [3.8, 4) is 0 Å². The summed E-state index contributed by atoms with van der Waals surface area (Å²) in [6.45, 7) is 5.34. The Morgan fingerprint density at radius 1 is 1.26 bits per heavy atom. The average molecular weight is 326 g/mol. The second kappa shape index (κ2) is 5.97. The highest BCUT2D eigenvalue weighted by Crippen LogP contribution is 2.29. The normalized spacial score (nSPS) is 14.4. The van der Waals surface area contributed by atoms with Gasteiger partial charge in [0.25, 0.3) is 0 Å². The molecule has 0 saturated heterocycles. The van der Waals surface area contributed by atoms with E-state index in [4.69, 9.17) is 23.2 Å². The number of aliphatic hydroxyl groups is 1. The molecule has 1 aromatic carbocycles. The molecule has 0 fully saturated rings.